The van der Waals surface area contributed by atoms with Gasteiger partial charge >= 0.3 is 5.97 Å². The number of amidine groups is 1. The molecule has 0 saturated heterocycles. The van der Waals surface area contributed by atoms with Gasteiger partial charge in [0.05, 0.1) is 24.1 Å². The summed E-state index contributed by atoms with van der Waals surface area (Å²) < 4.78 is 6.57. The van der Waals surface area contributed by atoms with Gasteiger partial charge in [-0.1, -0.05) is 37.1 Å². The largest absolute Gasteiger partial charge is 0.466 e. The third-order valence-electron chi connectivity index (χ3n) is 6.85. The van der Waals surface area contributed by atoms with E-state index in [1.165, 1.54) is 0 Å². The van der Waals surface area contributed by atoms with Gasteiger partial charge in [-0.3, -0.25) is 19.8 Å². The second-order valence-corrected chi connectivity index (χ2v) is 9.39. The van der Waals surface area contributed by atoms with Gasteiger partial charge in [-0.15, -0.1) is 0 Å². The molecule has 3 aromatic rings. The van der Waals surface area contributed by atoms with E-state index in [1.807, 2.05) is 30.3 Å². The summed E-state index contributed by atoms with van der Waals surface area (Å²) in [6, 6.07) is 12.8. The molecule has 1 saturated carbocycles. The van der Waals surface area contributed by atoms with Crippen LogP contribution in [0, 0.1) is 5.41 Å². The molecule has 194 valence electrons. The van der Waals surface area contributed by atoms with E-state index in [9.17, 15) is 14.4 Å². The molecule has 0 bridgehead atoms. The van der Waals surface area contributed by atoms with Gasteiger partial charge in [-0.25, -0.2) is 4.98 Å². The van der Waals surface area contributed by atoms with Gasteiger partial charge in [0.2, 0.25) is 5.91 Å². The van der Waals surface area contributed by atoms with Gasteiger partial charge in [0.15, 0.2) is 0 Å². The topological polar surface area (TPSA) is 131 Å². The number of carbonyl (C=O) groups excluding carboxylic acids is 2. The van der Waals surface area contributed by atoms with Gasteiger partial charge in [0, 0.05) is 37.2 Å². The number of carbonyl (C=O) groups is 2. The molecule has 1 amide bonds. The molecular formula is C28H33N5O4. The smallest absolute Gasteiger partial charge is 0.306 e. The first-order valence-corrected chi connectivity index (χ1v) is 12.7. The Morgan fingerprint density at radius 3 is 2.49 bits per heavy atom. The number of nitrogens with one attached hydrogen (secondary N) is 1. The molecule has 1 fully saturated rings. The number of aryl methyl sites for hydroxylation is 1. The molecule has 0 radical (unpaired) electrons. The Morgan fingerprint density at radius 1 is 1.14 bits per heavy atom. The van der Waals surface area contributed by atoms with Crippen LogP contribution in [0.4, 0.5) is 5.69 Å². The SMILES string of the molecule is CCOC(=O)CCC(=O)N(c1ccc2c(c1)nc(Cc1ccc(C(=N)N)cc1)c(=O)n2C)C1CCCC1. The van der Waals surface area contributed by atoms with Crippen LogP contribution in [0.2, 0.25) is 0 Å². The molecule has 9 heteroatoms. The maximum atomic E-state index is 13.3. The number of amides is 1. The number of hydrogen-bond acceptors (Lipinski definition) is 6. The molecule has 1 aliphatic carbocycles. The predicted molar refractivity (Wildman–Crippen MR) is 143 cm³/mol. The van der Waals surface area contributed by atoms with Crippen molar-refractivity contribution in [1.82, 2.24) is 9.55 Å². The van der Waals surface area contributed by atoms with E-state index in [2.05, 4.69) is 0 Å². The zero-order valence-electron chi connectivity index (χ0n) is 21.3. The van der Waals surface area contributed by atoms with Crippen molar-refractivity contribution in [2.45, 2.75) is 57.9 Å². The summed E-state index contributed by atoms with van der Waals surface area (Å²) in [6.07, 6.45) is 4.38. The summed E-state index contributed by atoms with van der Waals surface area (Å²) in [5.41, 5.74) is 9.26. The Kier molecular flexibility index (Phi) is 8.01. The Labute approximate surface area is 215 Å². The first-order valence-electron chi connectivity index (χ1n) is 12.7. The van der Waals surface area contributed by atoms with E-state index >= 15 is 0 Å². The van der Waals surface area contributed by atoms with Crippen molar-refractivity contribution < 1.29 is 14.3 Å². The van der Waals surface area contributed by atoms with E-state index in [0.717, 1.165) is 36.9 Å². The fourth-order valence-electron chi connectivity index (χ4n) is 4.93. The Hall–Kier alpha value is -4.01. The lowest BCUT2D eigenvalue weighted by Gasteiger charge is -2.29. The van der Waals surface area contributed by atoms with Crippen LogP contribution in [0.5, 0.6) is 0 Å². The van der Waals surface area contributed by atoms with E-state index in [-0.39, 0.29) is 48.8 Å². The summed E-state index contributed by atoms with van der Waals surface area (Å²) in [6.45, 7) is 2.03. The number of nitrogens with two attached hydrogens (primary N) is 1. The summed E-state index contributed by atoms with van der Waals surface area (Å²) in [4.78, 5) is 44.7. The number of aromatic nitrogens is 2. The van der Waals surface area contributed by atoms with Crippen molar-refractivity contribution in [2.75, 3.05) is 11.5 Å². The highest BCUT2D eigenvalue weighted by Gasteiger charge is 2.28. The lowest BCUT2D eigenvalue weighted by Crippen LogP contribution is -2.39. The van der Waals surface area contributed by atoms with Crippen LogP contribution >= 0.6 is 0 Å². The molecule has 2 aromatic carbocycles. The number of fused-ring (bicyclic) bond motifs is 1. The number of esters is 1. The van der Waals surface area contributed by atoms with Crippen LogP contribution in [0.3, 0.4) is 0 Å². The number of rotatable bonds is 9. The van der Waals surface area contributed by atoms with Crippen molar-refractivity contribution >= 4 is 34.4 Å². The molecule has 0 spiro atoms. The number of benzene rings is 2. The monoisotopic (exact) mass is 503 g/mol. The summed E-state index contributed by atoms with van der Waals surface area (Å²) in [7, 11) is 1.72. The molecule has 0 aliphatic heterocycles. The standard InChI is InChI=1S/C28H33N5O4/c1-3-37-26(35)15-14-25(34)33(20-6-4-5-7-20)21-12-13-24-22(17-21)31-23(28(36)32(24)2)16-18-8-10-19(11-9-18)27(29)30/h8-13,17,20H,3-7,14-16H2,1-2H3,(H3,29,30). The maximum Gasteiger partial charge on any atom is 0.306 e. The van der Waals surface area contributed by atoms with Gasteiger partial charge in [-0.2, -0.15) is 0 Å². The first kappa shape index (κ1) is 26.1. The quantitative estimate of drug-likeness (QED) is 0.261. The van der Waals surface area contributed by atoms with Gasteiger partial charge in [0.25, 0.3) is 5.56 Å². The molecule has 0 atom stereocenters. The van der Waals surface area contributed by atoms with Gasteiger partial charge in [-0.05, 0) is 43.5 Å². The Bertz CT molecular complexity index is 1370. The number of nitrogen functional groups attached to an aromatic ring is 1. The van der Waals surface area contributed by atoms with Crippen LogP contribution in [0.1, 0.15) is 62.3 Å². The number of hydrogen-bond donors (Lipinski definition) is 2. The second-order valence-electron chi connectivity index (χ2n) is 9.39. The number of ether oxygens (including phenoxy) is 1. The highest BCUT2D eigenvalue weighted by atomic mass is 16.5. The molecule has 1 heterocycles. The highest BCUT2D eigenvalue weighted by Crippen LogP contribution is 2.31. The second kappa shape index (κ2) is 11.4. The van der Waals surface area contributed by atoms with Crippen LogP contribution in [0.25, 0.3) is 11.0 Å². The van der Waals surface area contributed by atoms with Crippen molar-refractivity contribution in [3.63, 3.8) is 0 Å². The zero-order chi connectivity index (χ0) is 26.5. The lowest BCUT2D eigenvalue weighted by atomic mass is 10.1. The van der Waals surface area contributed by atoms with Gasteiger partial charge in [0.1, 0.15) is 11.5 Å². The van der Waals surface area contributed by atoms with Crippen LogP contribution in [-0.4, -0.2) is 39.9 Å². The van der Waals surface area contributed by atoms with Crippen molar-refractivity contribution in [3.05, 3.63) is 69.6 Å². The molecule has 1 aliphatic rings. The third kappa shape index (κ3) is 5.87. The minimum absolute atomic E-state index is 0.0116. The molecule has 3 N–H and O–H groups in total. The summed E-state index contributed by atoms with van der Waals surface area (Å²) in [5, 5.41) is 7.55. The minimum Gasteiger partial charge on any atom is -0.466 e. The molecule has 4 rings (SSSR count). The van der Waals surface area contributed by atoms with Crippen molar-refractivity contribution in [1.29, 1.82) is 5.41 Å². The van der Waals surface area contributed by atoms with E-state index in [0.29, 0.717) is 28.7 Å². The van der Waals surface area contributed by atoms with Crippen LogP contribution < -0.4 is 16.2 Å². The first-order chi connectivity index (χ1) is 17.8. The normalized spacial score (nSPS) is 13.6. The summed E-state index contributed by atoms with van der Waals surface area (Å²) in [5.74, 6) is -0.504. The minimum atomic E-state index is -0.377. The summed E-state index contributed by atoms with van der Waals surface area (Å²) >= 11 is 0. The zero-order valence-corrected chi connectivity index (χ0v) is 21.3. The maximum absolute atomic E-state index is 13.3. The average Bonchev–Trinajstić information content (AvgIpc) is 3.41. The molecular weight excluding hydrogens is 470 g/mol. The van der Waals surface area contributed by atoms with Crippen molar-refractivity contribution in [3.8, 4) is 0 Å². The lowest BCUT2D eigenvalue weighted by molar-refractivity contribution is -0.144. The molecule has 37 heavy (non-hydrogen) atoms. The highest BCUT2D eigenvalue weighted by molar-refractivity contribution is 5.97. The van der Waals surface area contributed by atoms with Crippen LogP contribution in [-0.2, 0) is 27.8 Å². The fourth-order valence-corrected chi connectivity index (χ4v) is 4.93. The third-order valence-corrected chi connectivity index (χ3v) is 6.85. The fraction of sp³-hybridized carbons (Fsp3) is 0.393. The van der Waals surface area contributed by atoms with Gasteiger partial charge < -0.3 is 19.9 Å². The van der Waals surface area contributed by atoms with Crippen molar-refractivity contribution in [2.24, 2.45) is 12.8 Å². The molecule has 1 aromatic heterocycles. The Balaban J connectivity index is 1.67. The number of nitrogens with zero attached hydrogens (tertiary/aromatic N) is 3. The molecule has 9 nitrogen and oxygen atoms in total. The van der Waals surface area contributed by atoms with E-state index < -0.39 is 0 Å². The van der Waals surface area contributed by atoms with E-state index in [1.54, 1.807) is 35.6 Å². The Morgan fingerprint density at radius 2 is 1.84 bits per heavy atom. The predicted octanol–water partition coefficient (Wildman–Crippen LogP) is 3.43. The number of anilines is 1. The molecule has 0 unspecified atom stereocenters. The van der Waals surface area contributed by atoms with Crippen LogP contribution in [0.15, 0.2) is 47.3 Å². The average molecular weight is 504 g/mol. The van der Waals surface area contributed by atoms with E-state index in [4.69, 9.17) is 20.9 Å².